The Kier molecular flexibility index (Phi) is 3.89. The fourth-order valence-electron chi connectivity index (χ4n) is 2.00. The number of Topliss-reactive ketones (excluding diaryl/α,β-unsaturated/α-hetero) is 1. The average Bonchev–Trinajstić information content (AvgIpc) is 2.87. The molecule has 2 N–H and O–H groups in total. The van der Waals surface area contributed by atoms with Crippen molar-refractivity contribution in [3.63, 3.8) is 0 Å². The maximum absolute atomic E-state index is 12.2. The van der Waals surface area contributed by atoms with Gasteiger partial charge in [0.05, 0.1) is 0 Å². The topological polar surface area (TPSA) is 60.9 Å². The van der Waals surface area contributed by atoms with Gasteiger partial charge in [0.1, 0.15) is 0 Å². The highest BCUT2D eigenvalue weighted by atomic mass is 16.1. The zero-order chi connectivity index (χ0) is 13.0. The standard InChI is InChI=1S/C14H17N3O/c1-2-17-8-7-16-14(17)13(18)9-11-5-3-4-6-12(11)10-15/h3-8H,2,9-10,15H2,1H3. The Hall–Kier alpha value is -1.94. The van der Waals surface area contributed by atoms with Gasteiger partial charge < -0.3 is 10.3 Å². The van der Waals surface area contributed by atoms with Crippen LogP contribution in [0, 0.1) is 0 Å². The Labute approximate surface area is 106 Å². The molecule has 0 unspecified atom stereocenters. The molecule has 0 bridgehead atoms. The molecule has 0 aliphatic rings. The second-order valence-electron chi connectivity index (χ2n) is 4.11. The van der Waals surface area contributed by atoms with Crippen LogP contribution in [0.4, 0.5) is 0 Å². The van der Waals surface area contributed by atoms with Crippen molar-refractivity contribution in [3.8, 4) is 0 Å². The highest BCUT2D eigenvalue weighted by Crippen LogP contribution is 2.11. The summed E-state index contributed by atoms with van der Waals surface area (Å²) in [5, 5.41) is 0. The number of aryl methyl sites for hydroxylation is 1. The number of nitrogens with two attached hydrogens (primary N) is 1. The van der Waals surface area contributed by atoms with Crippen LogP contribution in [0.2, 0.25) is 0 Å². The Bertz CT molecular complexity index is 545. The van der Waals surface area contributed by atoms with Crippen molar-refractivity contribution < 1.29 is 4.79 Å². The predicted molar refractivity (Wildman–Crippen MR) is 70.3 cm³/mol. The summed E-state index contributed by atoms with van der Waals surface area (Å²) in [5.74, 6) is 0.548. The van der Waals surface area contributed by atoms with Gasteiger partial charge in [0, 0.05) is 31.9 Å². The Morgan fingerprint density at radius 1 is 1.33 bits per heavy atom. The van der Waals surface area contributed by atoms with Crippen molar-refractivity contribution >= 4 is 5.78 Å². The van der Waals surface area contributed by atoms with Crippen LogP contribution in [0.1, 0.15) is 28.7 Å². The fourth-order valence-corrected chi connectivity index (χ4v) is 2.00. The van der Waals surface area contributed by atoms with Crippen LogP contribution in [0.25, 0.3) is 0 Å². The number of hydrogen-bond acceptors (Lipinski definition) is 3. The maximum atomic E-state index is 12.2. The molecule has 0 fully saturated rings. The van der Waals surface area contributed by atoms with Gasteiger partial charge >= 0.3 is 0 Å². The second-order valence-corrected chi connectivity index (χ2v) is 4.11. The van der Waals surface area contributed by atoms with E-state index >= 15 is 0 Å². The van der Waals surface area contributed by atoms with Gasteiger partial charge in [0.2, 0.25) is 5.78 Å². The van der Waals surface area contributed by atoms with Crippen molar-refractivity contribution in [1.29, 1.82) is 0 Å². The number of hydrogen-bond donors (Lipinski definition) is 1. The van der Waals surface area contributed by atoms with Crippen molar-refractivity contribution in [1.82, 2.24) is 9.55 Å². The summed E-state index contributed by atoms with van der Waals surface area (Å²) in [4.78, 5) is 16.3. The molecule has 4 heteroatoms. The van der Waals surface area contributed by atoms with Gasteiger partial charge in [-0.2, -0.15) is 0 Å². The van der Waals surface area contributed by atoms with E-state index < -0.39 is 0 Å². The number of carbonyl (C=O) groups is 1. The molecule has 1 aromatic carbocycles. The molecule has 0 saturated carbocycles. The lowest BCUT2D eigenvalue weighted by molar-refractivity contribution is 0.0979. The van der Waals surface area contributed by atoms with Crippen LogP contribution < -0.4 is 5.73 Å². The number of rotatable bonds is 5. The minimum atomic E-state index is 0.0303. The van der Waals surface area contributed by atoms with E-state index in [1.807, 2.05) is 42.0 Å². The molecule has 0 amide bonds. The summed E-state index contributed by atoms with van der Waals surface area (Å²) in [6.45, 7) is 3.19. The van der Waals surface area contributed by atoms with Gasteiger partial charge in [-0.15, -0.1) is 0 Å². The molecule has 1 aromatic heterocycles. The first kappa shape index (κ1) is 12.5. The maximum Gasteiger partial charge on any atom is 0.202 e. The summed E-state index contributed by atoms with van der Waals surface area (Å²) >= 11 is 0. The molecule has 2 aromatic rings. The smallest absolute Gasteiger partial charge is 0.202 e. The van der Waals surface area contributed by atoms with Crippen LogP contribution in [0.3, 0.4) is 0 Å². The first-order valence-corrected chi connectivity index (χ1v) is 6.07. The minimum Gasteiger partial charge on any atom is -0.329 e. The van der Waals surface area contributed by atoms with Gasteiger partial charge in [-0.05, 0) is 18.1 Å². The van der Waals surface area contributed by atoms with Gasteiger partial charge in [0.15, 0.2) is 5.82 Å². The first-order valence-electron chi connectivity index (χ1n) is 6.07. The molecule has 94 valence electrons. The normalized spacial score (nSPS) is 10.6. The largest absolute Gasteiger partial charge is 0.329 e. The molecule has 4 nitrogen and oxygen atoms in total. The van der Waals surface area contributed by atoms with Gasteiger partial charge in [-0.3, -0.25) is 4.79 Å². The average molecular weight is 243 g/mol. The minimum absolute atomic E-state index is 0.0303. The molecule has 0 atom stereocenters. The summed E-state index contributed by atoms with van der Waals surface area (Å²) < 4.78 is 1.85. The Morgan fingerprint density at radius 2 is 2.06 bits per heavy atom. The summed E-state index contributed by atoms with van der Waals surface area (Å²) in [7, 11) is 0. The summed E-state index contributed by atoms with van der Waals surface area (Å²) in [6, 6.07) is 7.76. The molecule has 0 aliphatic carbocycles. The lowest BCUT2D eigenvalue weighted by atomic mass is 10.0. The van der Waals surface area contributed by atoms with Crippen molar-refractivity contribution in [2.75, 3.05) is 0 Å². The van der Waals surface area contributed by atoms with Crippen LogP contribution in [-0.2, 0) is 19.5 Å². The van der Waals surface area contributed by atoms with Crippen LogP contribution in [0.15, 0.2) is 36.7 Å². The third-order valence-corrected chi connectivity index (χ3v) is 2.99. The lowest BCUT2D eigenvalue weighted by Crippen LogP contribution is -2.13. The molecule has 0 saturated heterocycles. The summed E-state index contributed by atoms with van der Waals surface area (Å²) in [6.07, 6.45) is 3.83. The number of nitrogens with zero attached hydrogens (tertiary/aromatic N) is 2. The second kappa shape index (κ2) is 5.60. The number of imidazole rings is 1. The quantitative estimate of drug-likeness (QED) is 0.814. The zero-order valence-corrected chi connectivity index (χ0v) is 10.5. The predicted octanol–water partition coefficient (Wildman–Crippen LogP) is 1.79. The number of ketones is 1. The summed E-state index contributed by atoms with van der Waals surface area (Å²) in [5.41, 5.74) is 7.67. The Morgan fingerprint density at radius 3 is 2.72 bits per heavy atom. The van der Waals surface area contributed by atoms with E-state index in [2.05, 4.69) is 4.98 Å². The number of carbonyl (C=O) groups excluding carboxylic acids is 1. The van der Waals surface area contributed by atoms with E-state index in [0.717, 1.165) is 17.7 Å². The molecular formula is C14H17N3O. The van der Waals surface area contributed by atoms with E-state index in [9.17, 15) is 4.79 Å². The van der Waals surface area contributed by atoms with E-state index in [1.54, 1.807) is 6.20 Å². The zero-order valence-electron chi connectivity index (χ0n) is 10.5. The van der Waals surface area contributed by atoms with Gasteiger partial charge in [0.25, 0.3) is 0 Å². The van der Waals surface area contributed by atoms with Gasteiger partial charge in [-0.1, -0.05) is 24.3 Å². The molecule has 0 spiro atoms. The fraction of sp³-hybridized carbons (Fsp3) is 0.286. The highest BCUT2D eigenvalue weighted by Gasteiger charge is 2.14. The van der Waals surface area contributed by atoms with E-state index in [1.165, 1.54) is 0 Å². The monoisotopic (exact) mass is 243 g/mol. The third kappa shape index (κ3) is 2.49. The van der Waals surface area contributed by atoms with Crippen molar-refractivity contribution in [2.24, 2.45) is 5.73 Å². The van der Waals surface area contributed by atoms with Crippen molar-refractivity contribution in [2.45, 2.75) is 26.4 Å². The Balaban J connectivity index is 2.21. The number of benzene rings is 1. The lowest BCUT2D eigenvalue weighted by Gasteiger charge is -2.07. The van der Waals surface area contributed by atoms with Crippen LogP contribution >= 0.6 is 0 Å². The van der Waals surface area contributed by atoms with E-state index in [4.69, 9.17) is 5.73 Å². The molecule has 2 rings (SSSR count). The SMILES string of the molecule is CCn1ccnc1C(=O)Cc1ccccc1CN. The van der Waals surface area contributed by atoms with Crippen LogP contribution in [0.5, 0.6) is 0 Å². The van der Waals surface area contributed by atoms with E-state index in [0.29, 0.717) is 18.8 Å². The van der Waals surface area contributed by atoms with E-state index in [-0.39, 0.29) is 5.78 Å². The van der Waals surface area contributed by atoms with Gasteiger partial charge in [-0.25, -0.2) is 4.98 Å². The van der Waals surface area contributed by atoms with Crippen LogP contribution in [-0.4, -0.2) is 15.3 Å². The van der Waals surface area contributed by atoms with Crippen molar-refractivity contribution in [3.05, 3.63) is 53.6 Å². The molecule has 1 heterocycles. The molecule has 0 radical (unpaired) electrons. The third-order valence-electron chi connectivity index (χ3n) is 2.99. The number of aromatic nitrogens is 2. The molecular weight excluding hydrogens is 226 g/mol. The highest BCUT2D eigenvalue weighted by molar-refractivity contribution is 5.94. The first-order chi connectivity index (χ1) is 8.76. The molecule has 18 heavy (non-hydrogen) atoms. The molecule has 0 aliphatic heterocycles.